The SMILES string of the molecule is Cc1cc(/C=C2\C(=O)NC(=O)N(c3ccc(Cl)cc3)C2=O)c(C)n1-c1sc2c(c1C(=O)Nc1ccccc1)CCCC2. The lowest BCUT2D eigenvalue weighted by Crippen LogP contribution is -2.54. The molecule has 212 valence electrons. The summed E-state index contributed by atoms with van der Waals surface area (Å²) < 4.78 is 2.02. The first-order valence-corrected chi connectivity index (χ1v) is 14.8. The van der Waals surface area contributed by atoms with Crippen LogP contribution in [0.25, 0.3) is 11.1 Å². The predicted octanol–water partition coefficient (Wildman–Crippen LogP) is 6.61. The van der Waals surface area contributed by atoms with Gasteiger partial charge in [-0.25, -0.2) is 9.69 Å². The van der Waals surface area contributed by atoms with Crippen LogP contribution in [0.15, 0.2) is 66.2 Å². The molecule has 10 heteroatoms. The van der Waals surface area contributed by atoms with E-state index in [1.54, 1.807) is 35.6 Å². The van der Waals surface area contributed by atoms with Crippen molar-refractivity contribution in [1.29, 1.82) is 0 Å². The molecule has 2 N–H and O–H groups in total. The van der Waals surface area contributed by atoms with Crippen LogP contribution in [-0.4, -0.2) is 28.3 Å². The summed E-state index contributed by atoms with van der Waals surface area (Å²) in [5, 5.41) is 6.59. The molecule has 8 nitrogen and oxygen atoms in total. The Hall–Kier alpha value is -4.47. The van der Waals surface area contributed by atoms with E-state index in [2.05, 4.69) is 10.6 Å². The summed E-state index contributed by atoms with van der Waals surface area (Å²) in [6.45, 7) is 3.82. The van der Waals surface area contributed by atoms with Crippen molar-refractivity contribution in [2.24, 2.45) is 0 Å². The molecule has 2 aromatic carbocycles. The number of anilines is 2. The fourth-order valence-electron chi connectivity index (χ4n) is 5.54. The van der Waals surface area contributed by atoms with E-state index in [1.165, 1.54) is 11.0 Å². The van der Waals surface area contributed by atoms with Crippen LogP contribution in [0.2, 0.25) is 5.02 Å². The fourth-order valence-corrected chi connectivity index (χ4v) is 7.17. The number of carbonyl (C=O) groups is 4. The van der Waals surface area contributed by atoms with Gasteiger partial charge in [0.05, 0.1) is 11.3 Å². The van der Waals surface area contributed by atoms with Crippen molar-refractivity contribution in [3.8, 4) is 5.00 Å². The van der Waals surface area contributed by atoms with E-state index in [9.17, 15) is 19.2 Å². The maximum absolute atomic E-state index is 13.7. The van der Waals surface area contributed by atoms with E-state index in [4.69, 9.17) is 11.6 Å². The van der Waals surface area contributed by atoms with Gasteiger partial charge in [-0.05, 0) is 99.2 Å². The maximum atomic E-state index is 13.7. The lowest BCUT2D eigenvalue weighted by molar-refractivity contribution is -0.122. The van der Waals surface area contributed by atoms with Gasteiger partial charge in [-0.1, -0.05) is 29.8 Å². The number of urea groups is 1. The number of nitrogens with one attached hydrogen (secondary N) is 2. The molecule has 0 radical (unpaired) electrons. The van der Waals surface area contributed by atoms with Crippen LogP contribution in [0, 0.1) is 13.8 Å². The third-order valence-corrected chi connectivity index (χ3v) is 9.10. The number of thiophene rings is 1. The maximum Gasteiger partial charge on any atom is 0.335 e. The van der Waals surface area contributed by atoms with Crippen molar-refractivity contribution >= 4 is 64.1 Å². The number of imide groups is 2. The number of barbiturate groups is 1. The fraction of sp³-hybridized carbons (Fsp3) is 0.188. The molecule has 0 bridgehead atoms. The molecule has 0 saturated carbocycles. The smallest absolute Gasteiger partial charge is 0.322 e. The highest BCUT2D eigenvalue weighted by Gasteiger charge is 2.37. The number of aromatic nitrogens is 1. The summed E-state index contributed by atoms with van der Waals surface area (Å²) in [6, 6.07) is 16.6. The highest BCUT2D eigenvalue weighted by molar-refractivity contribution is 7.15. The van der Waals surface area contributed by atoms with E-state index in [1.807, 2.05) is 54.8 Å². The molecule has 1 fully saturated rings. The molecule has 1 aliphatic carbocycles. The van der Waals surface area contributed by atoms with Crippen LogP contribution < -0.4 is 15.5 Å². The van der Waals surface area contributed by atoms with Gasteiger partial charge in [0.25, 0.3) is 17.7 Å². The summed E-state index contributed by atoms with van der Waals surface area (Å²) in [7, 11) is 0. The third kappa shape index (κ3) is 4.95. The lowest BCUT2D eigenvalue weighted by Gasteiger charge is -2.26. The second kappa shape index (κ2) is 11.1. The minimum atomic E-state index is -0.826. The van der Waals surface area contributed by atoms with Gasteiger partial charge in [0.2, 0.25) is 0 Å². The second-order valence-electron chi connectivity index (χ2n) is 10.3. The van der Waals surface area contributed by atoms with Crippen LogP contribution in [0.4, 0.5) is 16.2 Å². The molecule has 1 aliphatic heterocycles. The molecule has 0 unspecified atom stereocenters. The number of rotatable bonds is 5. The first-order valence-electron chi connectivity index (χ1n) is 13.6. The Labute approximate surface area is 251 Å². The van der Waals surface area contributed by atoms with Gasteiger partial charge in [-0.2, -0.15) is 0 Å². The summed E-state index contributed by atoms with van der Waals surface area (Å²) in [6.07, 6.45) is 5.36. The lowest BCUT2D eigenvalue weighted by atomic mass is 9.95. The molecule has 0 spiro atoms. The van der Waals surface area contributed by atoms with Gasteiger partial charge in [0.1, 0.15) is 10.6 Å². The zero-order valence-corrected chi connectivity index (χ0v) is 24.6. The summed E-state index contributed by atoms with van der Waals surface area (Å²) >= 11 is 7.59. The number of fused-ring (bicyclic) bond motifs is 1. The highest BCUT2D eigenvalue weighted by atomic mass is 35.5. The molecule has 6 rings (SSSR count). The van der Waals surface area contributed by atoms with Gasteiger partial charge in [0.15, 0.2) is 0 Å². The number of amides is 5. The van der Waals surface area contributed by atoms with Crippen LogP contribution in [-0.2, 0) is 22.4 Å². The minimum Gasteiger partial charge on any atom is -0.322 e. The van der Waals surface area contributed by atoms with Crippen molar-refractivity contribution in [2.75, 3.05) is 10.2 Å². The largest absolute Gasteiger partial charge is 0.335 e. The van der Waals surface area contributed by atoms with E-state index in [0.717, 1.165) is 58.2 Å². The average Bonchev–Trinajstić information content (AvgIpc) is 3.48. The van der Waals surface area contributed by atoms with Crippen molar-refractivity contribution in [1.82, 2.24) is 9.88 Å². The molecule has 4 aromatic rings. The number of para-hydroxylation sites is 1. The van der Waals surface area contributed by atoms with Crippen molar-refractivity contribution in [2.45, 2.75) is 39.5 Å². The van der Waals surface area contributed by atoms with Crippen molar-refractivity contribution in [3.05, 3.63) is 104 Å². The Balaban J connectivity index is 1.41. The predicted molar refractivity (Wildman–Crippen MR) is 165 cm³/mol. The van der Waals surface area contributed by atoms with Gasteiger partial charge in [-0.15, -0.1) is 11.3 Å². The number of hydrogen-bond donors (Lipinski definition) is 2. The first-order chi connectivity index (χ1) is 20.2. The number of carbonyl (C=O) groups excluding carboxylic acids is 4. The molecule has 1 saturated heterocycles. The zero-order valence-electron chi connectivity index (χ0n) is 23.0. The summed E-state index contributed by atoms with van der Waals surface area (Å²) in [5.41, 5.74) is 4.84. The van der Waals surface area contributed by atoms with Crippen LogP contribution >= 0.6 is 22.9 Å². The van der Waals surface area contributed by atoms with Crippen LogP contribution in [0.5, 0.6) is 0 Å². The molecule has 2 aliphatic rings. The Kier molecular flexibility index (Phi) is 7.30. The molecule has 0 atom stereocenters. The quantitative estimate of drug-likeness (QED) is 0.199. The number of aryl methyl sites for hydroxylation is 2. The first kappa shape index (κ1) is 27.7. The number of nitrogens with zero attached hydrogens (tertiary/aromatic N) is 2. The standard InChI is InChI=1S/C32H27ClN4O4S/c1-18-16-20(17-25-28(38)35-32(41)37(30(25)40)23-14-12-21(33)13-15-23)19(2)36(18)31-27(24-10-6-7-11-26(24)42-31)29(39)34-22-8-4-3-5-9-22/h3-5,8-9,12-17H,6-7,10-11H2,1-2H3,(H,34,39)(H,35,38,41)/b25-17+. The Morgan fingerprint density at radius 2 is 1.71 bits per heavy atom. The molecular weight excluding hydrogens is 572 g/mol. The van der Waals surface area contributed by atoms with Crippen LogP contribution in [0.3, 0.4) is 0 Å². The second-order valence-corrected chi connectivity index (χ2v) is 11.8. The van der Waals surface area contributed by atoms with Gasteiger partial charge >= 0.3 is 6.03 Å². The monoisotopic (exact) mass is 598 g/mol. The topological polar surface area (TPSA) is 101 Å². The van der Waals surface area contributed by atoms with E-state index < -0.39 is 17.8 Å². The number of hydrogen-bond acceptors (Lipinski definition) is 5. The molecule has 42 heavy (non-hydrogen) atoms. The Morgan fingerprint density at radius 3 is 2.45 bits per heavy atom. The van der Waals surface area contributed by atoms with E-state index in [-0.39, 0.29) is 11.5 Å². The van der Waals surface area contributed by atoms with Gasteiger partial charge in [-0.3, -0.25) is 19.7 Å². The number of halogens is 1. The molecular formula is C32H27ClN4O4S. The van der Waals surface area contributed by atoms with Crippen molar-refractivity contribution < 1.29 is 19.2 Å². The van der Waals surface area contributed by atoms with Gasteiger partial charge in [0, 0.05) is 27.0 Å². The molecule has 2 aromatic heterocycles. The van der Waals surface area contributed by atoms with Gasteiger partial charge < -0.3 is 9.88 Å². The van der Waals surface area contributed by atoms with Crippen LogP contribution in [0.1, 0.15) is 50.6 Å². The highest BCUT2D eigenvalue weighted by Crippen LogP contribution is 2.39. The molecule has 5 amide bonds. The van der Waals surface area contributed by atoms with E-state index in [0.29, 0.717) is 21.8 Å². The minimum absolute atomic E-state index is 0.165. The molecule has 3 heterocycles. The summed E-state index contributed by atoms with van der Waals surface area (Å²) in [4.78, 5) is 54.8. The van der Waals surface area contributed by atoms with E-state index >= 15 is 0 Å². The normalized spacial score (nSPS) is 16.0. The Morgan fingerprint density at radius 1 is 1.00 bits per heavy atom. The third-order valence-electron chi connectivity index (χ3n) is 7.57. The summed E-state index contributed by atoms with van der Waals surface area (Å²) in [5.74, 6) is -1.66. The van der Waals surface area contributed by atoms with Crippen molar-refractivity contribution in [3.63, 3.8) is 0 Å². The Bertz CT molecular complexity index is 1790. The average molecular weight is 599 g/mol. The number of benzene rings is 2. The zero-order chi connectivity index (χ0) is 29.5.